The summed E-state index contributed by atoms with van der Waals surface area (Å²) in [7, 11) is 0. The van der Waals surface area contributed by atoms with Crippen LogP contribution in [0.4, 0.5) is 0 Å². The molecule has 0 unspecified atom stereocenters. The topological polar surface area (TPSA) is 13.1 Å². The van der Waals surface area contributed by atoms with Crippen LogP contribution in [0.3, 0.4) is 0 Å². The third-order valence-corrected chi connectivity index (χ3v) is 6.20. The lowest BCUT2D eigenvalue weighted by Crippen LogP contribution is -1.91. The van der Waals surface area contributed by atoms with E-state index in [4.69, 9.17) is 4.42 Å². The fourth-order valence-electron chi connectivity index (χ4n) is 4.61. The second-order valence-electron chi connectivity index (χ2n) is 8.27. The number of rotatable bonds is 3. The molecule has 148 valence electrons. The van der Waals surface area contributed by atoms with Gasteiger partial charge in [0.1, 0.15) is 11.2 Å². The normalized spacial score (nSPS) is 11.5. The summed E-state index contributed by atoms with van der Waals surface area (Å²) in [5.41, 5.74) is 8.11. The largest absolute Gasteiger partial charge is 0.455 e. The number of hydrogen-bond donors (Lipinski definition) is 0. The summed E-state index contributed by atoms with van der Waals surface area (Å²) in [6.07, 6.45) is 0.846. The Balaban J connectivity index is 1.67. The van der Waals surface area contributed by atoms with E-state index in [0.29, 0.717) is 0 Å². The lowest BCUT2D eigenvalue weighted by Gasteiger charge is -2.09. The summed E-state index contributed by atoms with van der Waals surface area (Å²) in [6, 6.07) is 36.7. The van der Waals surface area contributed by atoms with E-state index in [1.54, 1.807) is 0 Å². The van der Waals surface area contributed by atoms with Gasteiger partial charge in [-0.15, -0.1) is 0 Å². The summed E-state index contributed by atoms with van der Waals surface area (Å²) in [5, 5.41) is 4.88. The van der Waals surface area contributed by atoms with Gasteiger partial charge in [0.15, 0.2) is 0 Å². The Hall–Kier alpha value is -3.84. The standard InChI is InChI=1S/C30H22O/c1-20-14-16-21(17-15-20)18-27-24-11-6-5-10-23(24)19-28-26-13-7-12-25(29(26)31-30(27)28)22-8-3-2-4-9-22/h2-17,19H,18H2,1H3. The molecule has 0 aliphatic heterocycles. The first-order chi connectivity index (χ1) is 15.3. The zero-order chi connectivity index (χ0) is 20.8. The quantitative estimate of drug-likeness (QED) is 0.292. The van der Waals surface area contributed by atoms with Crippen molar-refractivity contribution in [3.8, 4) is 11.1 Å². The van der Waals surface area contributed by atoms with Crippen LogP contribution >= 0.6 is 0 Å². The van der Waals surface area contributed by atoms with Crippen LogP contribution in [0.2, 0.25) is 0 Å². The maximum absolute atomic E-state index is 6.67. The average Bonchev–Trinajstić information content (AvgIpc) is 3.19. The van der Waals surface area contributed by atoms with Crippen LogP contribution < -0.4 is 0 Å². The van der Waals surface area contributed by atoms with Gasteiger partial charge < -0.3 is 4.42 Å². The number of para-hydroxylation sites is 1. The van der Waals surface area contributed by atoms with Crippen LogP contribution in [-0.4, -0.2) is 0 Å². The number of fused-ring (bicyclic) bond motifs is 4. The predicted molar refractivity (Wildman–Crippen MR) is 131 cm³/mol. The molecule has 1 heteroatoms. The summed E-state index contributed by atoms with van der Waals surface area (Å²) >= 11 is 0. The molecule has 31 heavy (non-hydrogen) atoms. The van der Waals surface area contributed by atoms with E-state index in [1.165, 1.54) is 43.8 Å². The second-order valence-corrected chi connectivity index (χ2v) is 8.27. The van der Waals surface area contributed by atoms with Crippen molar-refractivity contribution >= 4 is 32.7 Å². The van der Waals surface area contributed by atoms with E-state index in [9.17, 15) is 0 Å². The van der Waals surface area contributed by atoms with Crippen molar-refractivity contribution in [2.75, 3.05) is 0 Å². The third kappa shape index (κ3) is 3.02. The number of benzene rings is 5. The van der Waals surface area contributed by atoms with Gasteiger partial charge in [-0.05, 0) is 34.9 Å². The highest BCUT2D eigenvalue weighted by Crippen LogP contribution is 2.40. The van der Waals surface area contributed by atoms with E-state index < -0.39 is 0 Å². The first kappa shape index (κ1) is 18.0. The minimum atomic E-state index is 0.846. The molecular weight excluding hydrogens is 376 g/mol. The maximum Gasteiger partial charge on any atom is 0.143 e. The van der Waals surface area contributed by atoms with Crippen molar-refractivity contribution in [3.63, 3.8) is 0 Å². The monoisotopic (exact) mass is 398 g/mol. The first-order valence-electron chi connectivity index (χ1n) is 10.7. The van der Waals surface area contributed by atoms with E-state index in [0.717, 1.165) is 23.2 Å². The molecule has 6 aromatic rings. The Morgan fingerprint density at radius 2 is 1.35 bits per heavy atom. The van der Waals surface area contributed by atoms with Gasteiger partial charge in [-0.25, -0.2) is 0 Å². The van der Waals surface area contributed by atoms with Gasteiger partial charge in [-0.2, -0.15) is 0 Å². The lowest BCUT2D eigenvalue weighted by molar-refractivity contribution is 0.666. The summed E-state index contributed by atoms with van der Waals surface area (Å²) in [6.45, 7) is 2.13. The molecule has 5 aromatic carbocycles. The molecule has 0 saturated heterocycles. The molecule has 0 atom stereocenters. The first-order valence-corrected chi connectivity index (χ1v) is 10.7. The molecule has 6 rings (SSSR count). The van der Waals surface area contributed by atoms with Gasteiger partial charge >= 0.3 is 0 Å². The minimum Gasteiger partial charge on any atom is -0.455 e. The van der Waals surface area contributed by atoms with Crippen molar-refractivity contribution in [1.82, 2.24) is 0 Å². The van der Waals surface area contributed by atoms with Crippen molar-refractivity contribution in [2.24, 2.45) is 0 Å². The Labute approximate surface area is 181 Å². The Kier molecular flexibility index (Phi) is 4.14. The highest BCUT2D eigenvalue weighted by atomic mass is 16.3. The van der Waals surface area contributed by atoms with E-state index in [2.05, 4.69) is 110 Å². The van der Waals surface area contributed by atoms with Crippen LogP contribution in [0, 0.1) is 6.92 Å². The Bertz CT molecular complexity index is 1540. The molecule has 1 aromatic heterocycles. The van der Waals surface area contributed by atoms with Crippen LogP contribution in [0.1, 0.15) is 16.7 Å². The highest BCUT2D eigenvalue weighted by Gasteiger charge is 2.17. The van der Waals surface area contributed by atoms with E-state index >= 15 is 0 Å². The van der Waals surface area contributed by atoms with Gasteiger partial charge in [0, 0.05) is 28.3 Å². The zero-order valence-corrected chi connectivity index (χ0v) is 17.4. The molecule has 0 fully saturated rings. The second kappa shape index (κ2) is 7.14. The van der Waals surface area contributed by atoms with Gasteiger partial charge in [0.2, 0.25) is 0 Å². The van der Waals surface area contributed by atoms with Gasteiger partial charge in [-0.1, -0.05) is 103 Å². The van der Waals surface area contributed by atoms with Gasteiger partial charge in [0.25, 0.3) is 0 Å². The minimum absolute atomic E-state index is 0.846. The molecule has 1 nitrogen and oxygen atoms in total. The van der Waals surface area contributed by atoms with Crippen LogP contribution in [-0.2, 0) is 6.42 Å². The van der Waals surface area contributed by atoms with Crippen molar-refractivity contribution in [2.45, 2.75) is 13.3 Å². The molecule has 0 spiro atoms. The Morgan fingerprint density at radius 1 is 0.613 bits per heavy atom. The molecule has 0 aliphatic carbocycles. The molecule has 0 amide bonds. The molecular formula is C30H22O. The summed E-state index contributed by atoms with van der Waals surface area (Å²) in [5.74, 6) is 0. The fourth-order valence-corrected chi connectivity index (χ4v) is 4.61. The van der Waals surface area contributed by atoms with Crippen LogP contribution in [0.15, 0.2) is 108 Å². The molecule has 0 bridgehead atoms. The number of furan rings is 1. The van der Waals surface area contributed by atoms with Crippen LogP contribution in [0.25, 0.3) is 43.8 Å². The summed E-state index contributed by atoms with van der Waals surface area (Å²) in [4.78, 5) is 0. The molecule has 0 aliphatic rings. The molecule has 0 N–H and O–H groups in total. The van der Waals surface area contributed by atoms with Gasteiger partial charge in [-0.3, -0.25) is 0 Å². The highest BCUT2D eigenvalue weighted by molar-refractivity contribution is 6.14. The Morgan fingerprint density at radius 3 is 2.19 bits per heavy atom. The predicted octanol–water partition coefficient (Wildman–Crippen LogP) is 8.31. The van der Waals surface area contributed by atoms with Crippen molar-refractivity contribution < 1.29 is 4.42 Å². The van der Waals surface area contributed by atoms with Crippen molar-refractivity contribution in [1.29, 1.82) is 0 Å². The third-order valence-electron chi connectivity index (χ3n) is 6.20. The average molecular weight is 399 g/mol. The van der Waals surface area contributed by atoms with Crippen molar-refractivity contribution in [3.05, 3.63) is 120 Å². The fraction of sp³-hybridized carbons (Fsp3) is 0.0667. The maximum atomic E-state index is 6.67. The SMILES string of the molecule is Cc1ccc(Cc2c3ccccc3cc3c2oc2c(-c4ccccc4)cccc23)cc1. The smallest absolute Gasteiger partial charge is 0.143 e. The van der Waals surface area contributed by atoms with E-state index in [1.807, 2.05) is 0 Å². The number of aryl methyl sites for hydroxylation is 1. The lowest BCUT2D eigenvalue weighted by atomic mass is 9.95. The zero-order valence-electron chi connectivity index (χ0n) is 17.4. The molecule has 0 radical (unpaired) electrons. The summed E-state index contributed by atoms with van der Waals surface area (Å²) < 4.78 is 6.67. The molecule has 1 heterocycles. The van der Waals surface area contributed by atoms with Gasteiger partial charge in [0.05, 0.1) is 0 Å². The van der Waals surface area contributed by atoms with E-state index in [-0.39, 0.29) is 0 Å². The van der Waals surface area contributed by atoms with Crippen LogP contribution in [0.5, 0.6) is 0 Å². The number of hydrogen-bond acceptors (Lipinski definition) is 1. The molecule has 0 saturated carbocycles.